The van der Waals surface area contributed by atoms with Crippen molar-refractivity contribution in [1.29, 1.82) is 0 Å². The minimum Gasteiger partial charge on any atom is -0.507 e. The number of rotatable bonds is 8. The summed E-state index contributed by atoms with van der Waals surface area (Å²) < 4.78 is 17.8. The van der Waals surface area contributed by atoms with Gasteiger partial charge in [-0.3, -0.25) is 14.5 Å². The van der Waals surface area contributed by atoms with E-state index < -0.39 is 17.7 Å². The van der Waals surface area contributed by atoms with E-state index in [-0.39, 0.29) is 22.6 Å². The summed E-state index contributed by atoms with van der Waals surface area (Å²) in [5.41, 5.74) is 2.86. The van der Waals surface area contributed by atoms with Crippen molar-refractivity contribution in [2.45, 2.75) is 45.9 Å². The lowest BCUT2D eigenvalue weighted by Gasteiger charge is -2.24. The Bertz CT molecular complexity index is 1700. The van der Waals surface area contributed by atoms with Crippen LogP contribution in [0.2, 0.25) is 0 Å². The van der Waals surface area contributed by atoms with E-state index in [9.17, 15) is 14.7 Å². The van der Waals surface area contributed by atoms with Crippen LogP contribution >= 0.6 is 11.3 Å². The summed E-state index contributed by atoms with van der Waals surface area (Å²) in [5.74, 6) is -0.162. The maximum atomic E-state index is 13.6. The Morgan fingerprint density at radius 3 is 2.60 bits per heavy atom. The van der Waals surface area contributed by atoms with Crippen molar-refractivity contribution in [3.05, 3.63) is 99.6 Å². The van der Waals surface area contributed by atoms with Gasteiger partial charge in [0.15, 0.2) is 11.5 Å². The minimum absolute atomic E-state index is 0.0169. The molecule has 1 amide bonds. The highest BCUT2D eigenvalue weighted by Crippen LogP contribution is 2.45. The molecule has 3 heterocycles. The molecule has 0 aliphatic carbocycles. The molecule has 214 valence electrons. The van der Waals surface area contributed by atoms with E-state index >= 15 is 0 Å². The van der Waals surface area contributed by atoms with Crippen LogP contribution in [0.5, 0.6) is 17.2 Å². The Hall–Kier alpha value is -4.70. The predicted molar refractivity (Wildman–Crippen MR) is 158 cm³/mol. The van der Waals surface area contributed by atoms with Crippen molar-refractivity contribution in [2.24, 2.45) is 0 Å². The predicted octanol–water partition coefficient (Wildman–Crippen LogP) is 5.77. The van der Waals surface area contributed by atoms with Crippen LogP contribution in [0, 0.1) is 6.92 Å². The highest BCUT2D eigenvalue weighted by molar-refractivity contribution is 7.15. The van der Waals surface area contributed by atoms with Crippen LogP contribution in [0.3, 0.4) is 0 Å². The third kappa shape index (κ3) is 5.09. The van der Waals surface area contributed by atoms with Gasteiger partial charge in [-0.1, -0.05) is 47.7 Å². The maximum Gasteiger partial charge on any atom is 0.301 e. The second-order valence-corrected chi connectivity index (χ2v) is 11.3. The fourth-order valence-electron chi connectivity index (χ4n) is 5.27. The number of hydrogen-bond donors (Lipinski definition) is 1. The number of nitrogens with zero attached hydrogens (tertiary/aromatic N) is 3. The average Bonchev–Trinajstić information content (AvgIpc) is 3.66. The van der Waals surface area contributed by atoms with Gasteiger partial charge < -0.3 is 19.3 Å². The average molecular weight is 584 g/mol. The minimum atomic E-state index is -0.969. The van der Waals surface area contributed by atoms with Gasteiger partial charge in [0.05, 0.1) is 18.2 Å². The Morgan fingerprint density at radius 2 is 1.86 bits per heavy atom. The van der Waals surface area contributed by atoms with Crippen LogP contribution < -0.4 is 19.1 Å². The number of aliphatic hydroxyl groups is 1. The van der Waals surface area contributed by atoms with Gasteiger partial charge in [0.1, 0.15) is 29.2 Å². The summed E-state index contributed by atoms with van der Waals surface area (Å²) in [6.07, 6.45) is 0.698. The second-order valence-electron chi connectivity index (χ2n) is 10.1. The Kier molecular flexibility index (Phi) is 7.38. The summed E-state index contributed by atoms with van der Waals surface area (Å²) in [4.78, 5) is 28.4. The Morgan fingerprint density at radius 1 is 1.05 bits per heavy atom. The van der Waals surface area contributed by atoms with E-state index in [1.54, 1.807) is 43.3 Å². The molecule has 1 aromatic heterocycles. The van der Waals surface area contributed by atoms with Crippen LogP contribution in [0.1, 0.15) is 47.2 Å². The first kappa shape index (κ1) is 27.5. The molecule has 1 saturated heterocycles. The molecule has 2 aliphatic heterocycles. The molecule has 1 fully saturated rings. The number of aryl methyl sites for hydroxylation is 1. The Balaban J connectivity index is 1.45. The van der Waals surface area contributed by atoms with E-state index in [4.69, 9.17) is 14.2 Å². The number of carbonyl (C=O) groups is 2. The quantitative estimate of drug-likeness (QED) is 0.158. The molecule has 1 N–H and O–H groups in total. The van der Waals surface area contributed by atoms with Gasteiger partial charge in [0.25, 0.3) is 5.78 Å². The normalized spacial score (nSPS) is 19.1. The van der Waals surface area contributed by atoms with E-state index in [1.165, 1.54) is 16.2 Å². The fourth-order valence-corrected chi connectivity index (χ4v) is 5.99. The summed E-state index contributed by atoms with van der Waals surface area (Å²) >= 11 is 1.19. The molecule has 0 bridgehead atoms. The van der Waals surface area contributed by atoms with Gasteiger partial charge in [-0.2, -0.15) is 0 Å². The van der Waals surface area contributed by atoms with Gasteiger partial charge in [-0.15, -0.1) is 10.2 Å². The van der Waals surface area contributed by atoms with Crippen LogP contribution in [0.15, 0.2) is 72.3 Å². The number of ketones is 1. The van der Waals surface area contributed by atoms with Crippen LogP contribution in [0.4, 0.5) is 5.13 Å². The van der Waals surface area contributed by atoms with E-state index in [0.29, 0.717) is 47.3 Å². The molecule has 9 nitrogen and oxygen atoms in total. The number of aromatic nitrogens is 2. The largest absolute Gasteiger partial charge is 0.507 e. The summed E-state index contributed by atoms with van der Waals surface area (Å²) in [6.45, 7) is 6.31. The van der Waals surface area contributed by atoms with Crippen molar-refractivity contribution in [1.82, 2.24) is 10.2 Å². The van der Waals surface area contributed by atoms with Crippen LogP contribution in [-0.4, -0.2) is 39.7 Å². The highest BCUT2D eigenvalue weighted by Gasteiger charge is 2.48. The molecule has 0 spiro atoms. The topological polar surface area (TPSA) is 111 Å². The zero-order chi connectivity index (χ0) is 29.4. The van der Waals surface area contributed by atoms with Crippen LogP contribution in [0.25, 0.3) is 5.76 Å². The number of Topliss-reactive ketones (excluding diaryl/α,β-unsaturated/α-hetero) is 1. The number of ether oxygens (including phenoxy) is 3. The number of aliphatic hydroxyl groups excluding tert-OH is 1. The molecule has 0 radical (unpaired) electrons. The zero-order valence-electron chi connectivity index (χ0n) is 23.4. The molecule has 2 atom stereocenters. The van der Waals surface area contributed by atoms with E-state index in [0.717, 1.165) is 16.9 Å². The molecule has 4 aromatic rings. The first-order chi connectivity index (χ1) is 20.3. The molecular formula is C32H29N3O6S. The standard InChI is InChI=1S/C32H29N3O6S/c1-4-39-26-16-21(10-13-25(26)40-17-20-8-6-5-7-9-20)28-27(30(37)31(38)35(28)32-34-33-19(3)42-32)29(36)22-11-12-24-23(15-22)14-18(2)41-24/h5-13,15-16,18,28,36H,4,14,17H2,1-3H3/b29-27+/t18-,28-/m1/s1. The number of carbonyl (C=O) groups excluding carboxylic acids is 2. The van der Waals surface area contributed by atoms with Crippen molar-refractivity contribution >= 4 is 33.9 Å². The number of amides is 1. The van der Waals surface area contributed by atoms with Crippen molar-refractivity contribution in [2.75, 3.05) is 11.5 Å². The molecule has 0 unspecified atom stereocenters. The van der Waals surface area contributed by atoms with Gasteiger partial charge in [-0.05, 0) is 67.8 Å². The smallest absolute Gasteiger partial charge is 0.301 e. The third-order valence-corrected chi connectivity index (χ3v) is 7.99. The van der Waals surface area contributed by atoms with Gasteiger partial charge in [0, 0.05) is 12.0 Å². The number of hydrogen-bond acceptors (Lipinski definition) is 9. The summed E-state index contributed by atoms with van der Waals surface area (Å²) in [7, 11) is 0. The molecule has 42 heavy (non-hydrogen) atoms. The number of benzene rings is 3. The van der Waals surface area contributed by atoms with E-state index in [1.807, 2.05) is 44.2 Å². The fraction of sp³-hybridized carbons (Fsp3) is 0.250. The third-order valence-electron chi connectivity index (χ3n) is 7.16. The lowest BCUT2D eigenvalue weighted by molar-refractivity contribution is -0.132. The van der Waals surface area contributed by atoms with Crippen molar-refractivity contribution in [3.8, 4) is 17.2 Å². The Labute approximate surface area is 247 Å². The first-order valence-corrected chi connectivity index (χ1v) is 14.5. The molecule has 6 rings (SSSR count). The monoisotopic (exact) mass is 583 g/mol. The molecule has 10 heteroatoms. The van der Waals surface area contributed by atoms with Gasteiger partial charge in [0.2, 0.25) is 5.13 Å². The summed E-state index contributed by atoms with van der Waals surface area (Å²) in [5, 5.41) is 20.7. The first-order valence-electron chi connectivity index (χ1n) is 13.7. The highest BCUT2D eigenvalue weighted by atomic mass is 32.1. The molecule has 2 aliphatic rings. The SMILES string of the molecule is CCOc1cc([C@@H]2/C(=C(\O)c3ccc4c(c3)C[C@@H](C)O4)C(=O)C(=O)N2c2nnc(C)s2)ccc1OCc1ccccc1. The summed E-state index contributed by atoms with van der Waals surface area (Å²) in [6, 6.07) is 19.3. The molecular weight excluding hydrogens is 554 g/mol. The van der Waals surface area contributed by atoms with Crippen molar-refractivity contribution < 1.29 is 28.9 Å². The molecule has 3 aromatic carbocycles. The zero-order valence-corrected chi connectivity index (χ0v) is 24.2. The van der Waals surface area contributed by atoms with Gasteiger partial charge in [-0.25, -0.2) is 0 Å². The molecule has 0 saturated carbocycles. The lowest BCUT2D eigenvalue weighted by atomic mass is 9.94. The lowest BCUT2D eigenvalue weighted by Crippen LogP contribution is -2.29. The maximum absolute atomic E-state index is 13.6. The van der Waals surface area contributed by atoms with Gasteiger partial charge >= 0.3 is 5.91 Å². The van der Waals surface area contributed by atoms with Crippen molar-refractivity contribution in [3.63, 3.8) is 0 Å². The second kappa shape index (κ2) is 11.3. The van der Waals surface area contributed by atoms with E-state index in [2.05, 4.69) is 10.2 Å². The number of anilines is 1. The van der Waals surface area contributed by atoms with Crippen LogP contribution in [-0.2, 0) is 22.6 Å². The number of fused-ring (bicyclic) bond motifs is 1.